The molecule has 0 amide bonds. The van der Waals surface area contributed by atoms with Crippen LogP contribution in [0.3, 0.4) is 0 Å². The average Bonchev–Trinajstić information content (AvgIpc) is 2.87. The first kappa shape index (κ1) is 13.1. The lowest BCUT2D eigenvalue weighted by molar-refractivity contribution is 0.200. The Hall–Kier alpha value is -0.870. The van der Waals surface area contributed by atoms with Crippen LogP contribution in [0.15, 0.2) is 29.2 Å². The van der Waals surface area contributed by atoms with Crippen molar-refractivity contribution in [2.75, 3.05) is 13.1 Å². The number of rotatable bonds is 2. The van der Waals surface area contributed by atoms with Crippen LogP contribution in [-0.2, 0) is 9.84 Å². The molecule has 1 aromatic carbocycles. The molecule has 0 radical (unpaired) electrons. The van der Waals surface area contributed by atoms with Crippen LogP contribution < -0.4 is 0 Å². The first-order valence-corrected chi connectivity index (χ1v) is 8.68. The van der Waals surface area contributed by atoms with Crippen LogP contribution in [0.25, 0.3) is 0 Å². The van der Waals surface area contributed by atoms with E-state index in [9.17, 15) is 8.42 Å². The van der Waals surface area contributed by atoms with E-state index in [2.05, 4.69) is 4.90 Å². The van der Waals surface area contributed by atoms with Crippen molar-refractivity contribution in [3.05, 3.63) is 29.8 Å². The third-order valence-corrected chi connectivity index (χ3v) is 6.80. The Balaban J connectivity index is 1.93. The maximum absolute atomic E-state index is 12.8. The predicted molar refractivity (Wildman–Crippen MR) is 76.0 cm³/mol. The minimum atomic E-state index is -3.17. The number of nitrogens with zero attached hydrogens (tertiary/aromatic N) is 1. The quantitative estimate of drug-likeness (QED) is 0.834. The van der Waals surface area contributed by atoms with Gasteiger partial charge in [-0.15, -0.1) is 0 Å². The van der Waals surface area contributed by atoms with Gasteiger partial charge < -0.3 is 0 Å². The maximum Gasteiger partial charge on any atom is 0.182 e. The van der Waals surface area contributed by atoms with E-state index in [4.69, 9.17) is 0 Å². The van der Waals surface area contributed by atoms with Crippen molar-refractivity contribution in [3.63, 3.8) is 0 Å². The third kappa shape index (κ3) is 2.32. The molecule has 2 fully saturated rings. The van der Waals surface area contributed by atoms with Gasteiger partial charge in [0.1, 0.15) is 0 Å². The maximum atomic E-state index is 12.8. The van der Waals surface area contributed by atoms with E-state index in [0.717, 1.165) is 44.3 Å². The second-order valence-corrected chi connectivity index (χ2v) is 7.95. The molecule has 2 atom stereocenters. The van der Waals surface area contributed by atoms with Gasteiger partial charge in [0.05, 0.1) is 10.1 Å². The van der Waals surface area contributed by atoms with Gasteiger partial charge in [-0.3, -0.25) is 4.90 Å². The van der Waals surface area contributed by atoms with Gasteiger partial charge in [0.25, 0.3) is 0 Å². The molecule has 4 heteroatoms. The van der Waals surface area contributed by atoms with Crippen molar-refractivity contribution < 1.29 is 8.42 Å². The molecular weight excluding hydrogens is 258 g/mol. The Morgan fingerprint density at radius 3 is 2.37 bits per heavy atom. The summed E-state index contributed by atoms with van der Waals surface area (Å²) in [4.78, 5) is 2.87. The fraction of sp³-hybridized carbons (Fsp3) is 0.600. The Morgan fingerprint density at radius 1 is 1.05 bits per heavy atom. The lowest BCUT2D eigenvalue weighted by Crippen LogP contribution is -2.47. The fourth-order valence-corrected chi connectivity index (χ4v) is 5.57. The van der Waals surface area contributed by atoms with Crippen LogP contribution in [0.4, 0.5) is 0 Å². The van der Waals surface area contributed by atoms with Crippen LogP contribution in [0.5, 0.6) is 0 Å². The second-order valence-electron chi connectivity index (χ2n) is 5.78. The van der Waals surface area contributed by atoms with Gasteiger partial charge in [-0.1, -0.05) is 17.7 Å². The summed E-state index contributed by atoms with van der Waals surface area (Å²) < 4.78 is 25.6. The number of aryl methyl sites for hydroxylation is 1. The van der Waals surface area contributed by atoms with Gasteiger partial charge in [-0.25, -0.2) is 8.42 Å². The van der Waals surface area contributed by atoms with Crippen LogP contribution in [-0.4, -0.2) is 37.7 Å². The van der Waals surface area contributed by atoms with Crippen LogP contribution in [0.1, 0.15) is 31.2 Å². The van der Waals surface area contributed by atoms with Gasteiger partial charge in [0.2, 0.25) is 0 Å². The first-order valence-electron chi connectivity index (χ1n) is 7.14. The zero-order valence-electron chi connectivity index (χ0n) is 11.4. The van der Waals surface area contributed by atoms with Gasteiger partial charge in [0, 0.05) is 6.04 Å². The zero-order valence-corrected chi connectivity index (χ0v) is 12.2. The van der Waals surface area contributed by atoms with E-state index in [1.165, 1.54) is 0 Å². The van der Waals surface area contributed by atoms with Crippen molar-refractivity contribution in [2.45, 2.75) is 48.8 Å². The minimum absolute atomic E-state index is 0.202. The summed E-state index contributed by atoms with van der Waals surface area (Å²) in [5.41, 5.74) is 1.10. The van der Waals surface area contributed by atoms with Crippen LogP contribution in [0.2, 0.25) is 0 Å². The molecule has 3 rings (SSSR count). The Labute approximate surface area is 115 Å². The summed E-state index contributed by atoms with van der Waals surface area (Å²) in [6.45, 7) is 4.13. The Morgan fingerprint density at radius 2 is 1.68 bits per heavy atom. The molecule has 0 spiro atoms. The molecule has 0 saturated carbocycles. The highest BCUT2D eigenvalue weighted by Gasteiger charge is 2.42. The normalized spacial score (nSPS) is 28.3. The fourth-order valence-electron chi connectivity index (χ4n) is 3.50. The minimum Gasteiger partial charge on any atom is -0.299 e. The molecule has 0 bridgehead atoms. The topological polar surface area (TPSA) is 37.4 Å². The molecule has 2 saturated heterocycles. The van der Waals surface area contributed by atoms with Crippen molar-refractivity contribution in [3.8, 4) is 0 Å². The molecule has 104 valence electrons. The lowest BCUT2D eigenvalue weighted by Gasteiger charge is -2.36. The van der Waals surface area contributed by atoms with E-state index in [0.29, 0.717) is 4.90 Å². The smallest absolute Gasteiger partial charge is 0.182 e. The molecule has 0 N–H and O–H groups in total. The summed E-state index contributed by atoms with van der Waals surface area (Å²) in [7, 11) is -3.17. The standard InChI is InChI=1S/C15H21NO2S/c1-12-6-8-13(9-7-12)19(17,18)15-5-3-11-16-10-2-4-14(15)16/h6-9,14-15H,2-5,10-11H2,1H3/t14-,15-/m1/s1. The first-order chi connectivity index (χ1) is 9.09. The lowest BCUT2D eigenvalue weighted by atomic mass is 10.0. The number of fused-ring (bicyclic) bond motifs is 1. The average molecular weight is 279 g/mol. The monoisotopic (exact) mass is 279 g/mol. The molecule has 19 heavy (non-hydrogen) atoms. The van der Waals surface area contributed by atoms with Crippen molar-refractivity contribution in [2.24, 2.45) is 0 Å². The molecule has 1 aromatic rings. The number of piperidine rings is 1. The Kier molecular flexibility index (Phi) is 3.39. The number of hydrogen-bond donors (Lipinski definition) is 0. The third-order valence-electron chi connectivity index (χ3n) is 4.53. The number of sulfone groups is 1. The molecule has 0 aromatic heterocycles. The van der Waals surface area contributed by atoms with Crippen LogP contribution in [0, 0.1) is 6.92 Å². The highest BCUT2D eigenvalue weighted by molar-refractivity contribution is 7.92. The summed E-state index contributed by atoms with van der Waals surface area (Å²) in [5, 5.41) is -0.202. The van der Waals surface area contributed by atoms with Gasteiger partial charge in [-0.05, 0) is 57.8 Å². The second kappa shape index (κ2) is 4.91. The molecule has 2 aliphatic rings. The number of benzene rings is 1. The van der Waals surface area contributed by atoms with E-state index >= 15 is 0 Å². The van der Waals surface area contributed by atoms with Gasteiger partial charge in [0.15, 0.2) is 9.84 Å². The van der Waals surface area contributed by atoms with E-state index in [-0.39, 0.29) is 11.3 Å². The number of hydrogen-bond acceptors (Lipinski definition) is 3. The van der Waals surface area contributed by atoms with Crippen molar-refractivity contribution in [1.82, 2.24) is 4.90 Å². The van der Waals surface area contributed by atoms with E-state index in [1.807, 2.05) is 19.1 Å². The molecule has 2 heterocycles. The van der Waals surface area contributed by atoms with Crippen LogP contribution >= 0.6 is 0 Å². The highest BCUT2D eigenvalue weighted by Crippen LogP contribution is 2.34. The molecule has 0 aliphatic carbocycles. The summed E-state index contributed by atoms with van der Waals surface area (Å²) >= 11 is 0. The highest BCUT2D eigenvalue weighted by atomic mass is 32.2. The van der Waals surface area contributed by atoms with Crippen molar-refractivity contribution >= 4 is 9.84 Å². The molecule has 3 nitrogen and oxygen atoms in total. The Bertz CT molecular complexity index is 550. The van der Waals surface area contributed by atoms with E-state index in [1.54, 1.807) is 12.1 Å². The van der Waals surface area contributed by atoms with Gasteiger partial charge in [-0.2, -0.15) is 0 Å². The summed E-state index contributed by atoms with van der Waals surface area (Å²) in [6.07, 6.45) is 4.00. The summed E-state index contributed by atoms with van der Waals surface area (Å²) in [6, 6.07) is 7.56. The molecule has 2 aliphatic heterocycles. The predicted octanol–water partition coefficient (Wildman–Crippen LogP) is 2.40. The SMILES string of the molecule is Cc1ccc(S(=O)(=O)[C@@H]2CCCN3CCC[C@H]23)cc1. The molecule has 0 unspecified atom stereocenters. The van der Waals surface area contributed by atoms with Gasteiger partial charge >= 0.3 is 0 Å². The zero-order chi connectivity index (χ0) is 13.5. The largest absolute Gasteiger partial charge is 0.299 e. The summed E-state index contributed by atoms with van der Waals surface area (Å²) in [5.74, 6) is 0. The van der Waals surface area contributed by atoms with E-state index < -0.39 is 9.84 Å². The molecular formula is C15H21NO2S. The van der Waals surface area contributed by atoms with Crippen molar-refractivity contribution in [1.29, 1.82) is 0 Å².